The summed E-state index contributed by atoms with van der Waals surface area (Å²) in [6.45, 7) is 1.79. The van der Waals surface area contributed by atoms with Crippen LogP contribution in [0.2, 0.25) is 0 Å². The van der Waals surface area contributed by atoms with E-state index < -0.39 is 0 Å². The van der Waals surface area contributed by atoms with Crippen LogP contribution in [-0.2, 0) is 0 Å². The van der Waals surface area contributed by atoms with Crippen LogP contribution in [0.4, 0.5) is 23.1 Å². The van der Waals surface area contributed by atoms with Crippen LogP contribution in [0.15, 0.2) is 16.9 Å². The van der Waals surface area contributed by atoms with Crippen molar-refractivity contribution >= 4 is 23.1 Å². The molecule has 0 fully saturated rings. The molecule has 84 valence electrons. The van der Waals surface area contributed by atoms with Gasteiger partial charge in [-0.3, -0.25) is 0 Å². The number of anilines is 4. The number of aromatic nitrogens is 3. The Balaban J connectivity index is 2.28. The molecule has 0 unspecified atom stereocenters. The molecule has 0 atom stereocenters. The maximum absolute atomic E-state index is 5.76. The lowest BCUT2D eigenvalue weighted by atomic mass is 10.4. The van der Waals surface area contributed by atoms with Gasteiger partial charge in [0.05, 0.1) is 0 Å². The van der Waals surface area contributed by atoms with Gasteiger partial charge in [0.25, 0.3) is 0 Å². The molecule has 6 N–H and O–H groups in total. The molecule has 0 saturated heterocycles. The first-order chi connectivity index (χ1) is 7.70. The normalized spacial score (nSPS) is 10.1. The van der Waals surface area contributed by atoms with Gasteiger partial charge < -0.3 is 21.0 Å². The Hall–Kier alpha value is -2.35. The van der Waals surface area contributed by atoms with Crippen molar-refractivity contribution < 1.29 is 4.52 Å². The molecule has 0 bridgehead atoms. The summed E-state index contributed by atoms with van der Waals surface area (Å²) in [7, 11) is 0. The number of nitrogens with zero attached hydrogens (tertiary/aromatic N) is 3. The van der Waals surface area contributed by atoms with Crippen molar-refractivity contribution in [2.75, 3.05) is 16.5 Å². The van der Waals surface area contributed by atoms with E-state index in [-0.39, 0.29) is 0 Å². The number of nitrogen functional groups attached to an aromatic ring is 2. The van der Waals surface area contributed by atoms with Crippen molar-refractivity contribution in [3.05, 3.63) is 18.2 Å². The molecule has 0 radical (unpaired) electrons. The minimum absolute atomic E-state index is 0.311. The number of nitrogens with one attached hydrogen (secondary N) is 2. The highest BCUT2D eigenvalue weighted by Crippen LogP contribution is 2.24. The van der Waals surface area contributed by atoms with E-state index >= 15 is 0 Å². The zero-order valence-electron chi connectivity index (χ0n) is 8.56. The van der Waals surface area contributed by atoms with Gasteiger partial charge in [-0.2, -0.15) is 0 Å². The van der Waals surface area contributed by atoms with Crippen LogP contribution >= 0.6 is 0 Å². The van der Waals surface area contributed by atoms with Crippen LogP contribution in [0.3, 0.4) is 0 Å². The fraction of sp³-hybridized carbons (Fsp3) is 0.125. The Morgan fingerprint density at radius 1 is 1.31 bits per heavy atom. The van der Waals surface area contributed by atoms with Gasteiger partial charge in [-0.1, -0.05) is 5.16 Å². The number of rotatable bonds is 3. The standard InChI is InChI=1S/C8H11N7O/c1-4-2-5(15-16-4)13-7-6(9)8(14-10)12-3-11-7/h2-3H,9-10H2,1H3,(H2,11,12,13,14,15). The van der Waals surface area contributed by atoms with E-state index in [1.54, 1.807) is 13.0 Å². The van der Waals surface area contributed by atoms with E-state index in [0.29, 0.717) is 28.9 Å². The summed E-state index contributed by atoms with van der Waals surface area (Å²) < 4.78 is 4.90. The Bertz CT molecular complexity index is 495. The lowest BCUT2D eigenvalue weighted by Crippen LogP contribution is -2.12. The fourth-order valence-corrected chi connectivity index (χ4v) is 1.16. The molecular weight excluding hydrogens is 210 g/mol. The number of hydrogen-bond acceptors (Lipinski definition) is 8. The Morgan fingerprint density at radius 2 is 2.06 bits per heavy atom. The van der Waals surface area contributed by atoms with Gasteiger partial charge in [-0.15, -0.1) is 0 Å². The van der Waals surface area contributed by atoms with Gasteiger partial charge in [0, 0.05) is 6.07 Å². The minimum atomic E-state index is 0.311. The van der Waals surface area contributed by atoms with Gasteiger partial charge in [0.2, 0.25) is 0 Å². The Labute approximate surface area is 91.0 Å². The van der Waals surface area contributed by atoms with Crippen LogP contribution in [0.1, 0.15) is 5.76 Å². The zero-order valence-corrected chi connectivity index (χ0v) is 8.56. The molecule has 0 aliphatic rings. The first-order valence-electron chi connectivity index (χ1n) is 4.48. The van der Waals surface area contributed by atoms with Crippen molar-refractivity contribution in [3.63, 3.8) is 0 Å². The van der Waals surface area contributed by atoms with Gasteiger partial charge in [-0.25, -0.2) is 15.8 Å². The molecule has 0 aliphatic carbocycles. The molecular formula is C8H11N7O. The SMILES string of the molecule is Cc1cc(Nc2ncnc(NN)c2N)no1. The maximum Gasteiger partial charge on any atom is 0.175 e. The second-order valence-corrected chi connectivity index (χ2v) is 3.08. The number of aryl methyl sites for hydroxylation is 1. The van der Waals surface area contributed by atoms with Gasteiger partial charge in [-0.05, 0) is 6.92 Å². The van der Waals surface area contributed by atoms with Gasteiger partial charge in [0.15, 0.2) is 17.5 Å². The summed E-state index contributed by atoms with van der Waals surface area (Å²) in [6, 6.07) is 1.72. The average molecular weight is 221 g/mol. The first-order valence-corrected chi connectivity index (χ1v) is 4.48. The highest BCUT2D eigenvalue weighted by molar-refractivity contribution is 5.76. The molecule has 8 heteroatoms. The van der Waals surface area contributed by atoms with Crippen LogP contribution in [0.25, 0.3) is 0 Å². The molecule has 2 aromatic heterocycles. The predicted molar refractivity (Wildman–Crippen MR) is 58.8 cm³/mol. The molecule has 8 nitrogen and oxygen atoms in total. The highest BCUT2D eigenvalue weighted by Gasteiger charge is 2.08. The van der Waals surface area contributed by atoms with Crippen molar-refractivity contribution in [1.82, 2.24) is 15.1 Å². The van der Waals surface area contributed by atoms with E-state index in [2.05, 4.69) is 25.9 Å². The zero-order chi connectivity index (χ0) is 11.5. The maximum atomic E-state index is 5.76. The molecule has 2 rings (SSSR count). The molecule has 2 aromatic rings. The minimum Gasteiger partial charge on any atom is -0.393 e. The monoisotopic (exact) mass is 221 g/mol. The second-order valence-electron chi connectivity index (χ2n) is 3.08. The molecule has 0 spiro atoms. The molecule has 0 amide bonds. The topological polar surface area (TPSA) is 128 Å². The van der Waals surface area contributed by atoms with E-state index in [1.807, 2.05) is 0 Å². The number of nitrogens with two attached hydrogens (primary N) is 2. The van der Waals surface area contributed by atoms with E-state index in [1.165, 1.54) is 6.33 Å². The van der Waals surface area contributed by atoms with Gasteiger partial charge >= 0.3 is 0 Å². The molecule has 0 aliphatic heterocycles. The third-order valence-corrected chi connectivity index (χ3v) is 1.90. The summed E-state index contributed by atoms with van der Waals surface area (Å²) >= 11 is 0. The lowest BCUT2D eigenvalue weighted by molar-refractivity contribution is 0.400. The average Bonchev–Trinajstić information content (AvgIpc) is 2.67. The van der Waals surface area contributed by atoms with Crippen molar-refractivity contribution in [2.45, 2.75) is 6.92 Å². The van der Waals surface area contributed by atoms with Crippen LogP contribution in [-0.4, -0.2) is 15.1 Å². The predicted octanol–water partition coefficient (Wildman–Crippen LogP) is 0.384. The highest BCUT2D eigenvalue weighted by atomic mass is 16.5. The quantitative estimate of drug-likeness (QED) is 0.432. The molecule has 0 aromatic carbocycles. The molecule has 2 heterocycles. The smallest absolute Gasteiger partial charge is 0.175 e. The summed E-state index contributed by atoms with van der Waals surface area (Å²) in [5, 5.41) is 6.65. The summed E-state index contributed by atoms with van der Waals surface area (Å²) in [4.78, 5) is 7.82. The van der Waals surface area contributed by atoms with Crippen LogP contribution in [0, 0.1) is 6.92 Å². The summed E-state index contributed by atoms with van der Waals surface area (Å²) in [5.41, 5.74) is 8.44. The van der Waals surface area contributed by atoms with E-state index in [9.17, 15) is 0 Å². The van der Waals surface area contributed by atoms with Crippen molar-refractivity contribution in [3.8, 4) is 0 Å². The largest absolute Gasteiger partial charge is 0.393 e. The van der Waals surface area contributed by atoms with Gasteiger partial charge in [0.1, 0.15) is 17.8 Å². The van der Waals surface area contributed by atoms with Crippen molar-refractivity contribution in [2.24, 2.45) is 5.84 Å². The third-order valence-electron chi connectivity index (χ3n) is 1.90. The van der Waals surface area contributed by atoms with Crippen molar-refractivity contribution in [1.29, 1.82) is 0 Å². The number of hydrazine groups is 1. The van der Waals surface area contributed by atoms with Crippen LogP contribution < -0.4 is 22.3 Å². The lowest BCUT2D eigenvalue weighted by Gasteiger charge is -2.07. The second kappa shape index (κ2) is 4.03. The molecule has 0 saturated carbocycles. The van der Waals surface area contributed by atoms with Crippen LogP contribution in [0.5, 0.6) is 0 Å². The van der Waals surface area contributed by atoms with E-state index in [4.69, 9.17) is 16.1 Å². The molecule has 16 heavy (non-hydrogen) atoms. The Morgan fingerprint density at radius 3 is 2.69 bits per heavy atom. The Kier molecular flexibility index (Phi) is 2.56. The third kappa shape index (κ3) is 1.86. The summed E-state index contributed by atoms with van der Waals surface area (Å²) in [5.74, 6) is 7.20. The number of hydrogen-bond donors (Lipinski definition) is 4. The first kappa shape index (κ1) is 10.2. The summed E-state index contributed by atoms with van der Waals surface area (Å²) in [6.07, 6.45) is 1.33. The fourth-order valence-electron chi connectivity index (χ4n) is 1.16. The van der Waals surface area contributed by atoms with E-state index in [0.717, 1.165) is 0 Å².